The van der Waals surface area contributed by atoms with Gasteiger partial charge in [0.25, 0.3) is 0 Å². The highest BCUT2D eigenvalue weighted by molar-refractivity contribution is 5.82. The molecule has 2 bridgehead atoms. The Hall–Kier alpha value is -2.36. The van der Waals surface area contributed by atoms with E-state index in [0.29, 0.717) is 57.8 Å². The van der Waals surface area contributed by atoms with Gasteiger partial charge in [0, 0.05) is 17.4 Å². The zero-order valence-electron chi connectivity index (χ0n) is 55.3. The highest BCUT2D eigenvalue weighted by Crippen LogP contribution is 2.81. The van der Waals surface area contributed by atoms with Crippen molar-refractivity contribution in [3.05, 3.63) is 12.2 Å². The summed E-state index contributed by atoms with van der Waals surface area (Å²) >= 11 is 0. The maximum atomic E-state index is 13.5. The van der Waals surface area contributed by atoms with Crippen molar-refractivity contribution in [1.82, 2.24) is 0 Å². The number of hydrogen-bond donors (Lipinski definition) is 16. The molecule has 16 N–H and O–H groups in total. The van der Waals surface area contributed by atoms with Gasteiger partial charge in [-0.05, 0) is 105 Å². The number of rotatable bonds is 17. The molecule has 11 rings (SSSR count). The largest absolute Gasteiger partial charge is 0.479 e. The average molecular weight is 1370 g/mol. The second-order valence-electron chi connectivity index (χ2n) is 31.2. The van der Waals surface area contributed by atoms with Crippen LogP contribution < -0.4 is 0 Å². The van der Waals surface area contributed by atoms with Gasteiger partial charge in [0.05, 0.1) is 49.1 Å². The summed E-state index contributed by atoms with van der Waals surface area (Å²) in [6.07, 6.45) is -41.4. The number of allylic oxidation sites excluding steroid dienone is 1. The summed E-state index contributed by atoms with van der Waals surface area (Å²) in [6, 6.07) is 0. The molecule has 36 atom stereocenters. The van der Waals surface area contributed by atoms with Crippen LogP contribution in [0.1, 0.15) is 133 Å². The monoisotopic (exact) mass is 1360 g/mol. The van der Waals surface area contributed by atoms with Crippen LogP contribution in [0, 0.1) is 50.2 Å². The molecule has 11 fully saturated rings. The number of carbonyl (C=O) groups excluding carboxylic acids is 1. The number of carboxylic acids is 1. The van der Waals surface area contributed by atoms with E-state index < -0.39 is 236 Å². The van der Waals surface area contributed by atoms with Gasteiger partial charge in [0.15, 0.2) is 43.8 Å². The Balaban J connectivity index is 0.903. The number of aliphatic hydroxyl groups is 15. The fraction of sp³-hybridized carbons (Fsp3) is 0.938. The Kier molecular flexibility index (Phi) is 21.1. The van der Waals surface area contributed by atoms with Crippen molar-refractivity contribution in [2.45, 2.75) is 311 Å². The summed E-state index contributed by atoms with van der Waals surface area (Å²) in [5, 5.41) is 180. The van der Waals surface area contributed by atoms with Crippen molar-refractivity contribution in [2.24, 2.45) is 50.2 Å². The van der Waals surface area contributed by atoms with Crippen LogP contribution in [0.15, 0.2) is 12.2 Å². The van der Waals surface area contributed by atoms with Crippen LogP contribution in [0.25, 0.3) is 0 Å². The lowest BCUT2D eigenvalue weighted by atomic mass is 9.30. The molecule has 0 unspecified atom stereocenters. The Morgan fingerprint density at radius 1 is 0.547 bits per heavy atom. The van der Waals surface area contributed by atoms with E-state index in [4.69, 9.17) is 56.8 Å². The van der Waals surface area contributed by atoms with Gasteiger partial charge >= 0.3 is 11.9 Å². The smallest absolute Gasteiger partial charge is 0.335 e. The molecule has 0 aromatic heterocycles. The number of aliphatic hydroxyl groups excluding tert-OH is 15. The Labute approximate surface area is 551 Å². The van der Waals surface area contributed by atoms with Gasteiger partial charge in [0.1, 0.15) is 110 Å². The first kappa shape index (κ1) is 73.8. The number of carbonyl (C=O) groups is 2. The van der Waals surface area contributed by atoms with E-state index >= 15 is 0 Å². The van der Waals surface area contributed by atoms with Crippen molar-refractivity contribution in [2.75, 3.05) is 19.8 Å². The summed E-state index contributed by atoms with van der Waals surface area (Å²) < 4.78 is 74.9. The van der Waals surface area contributed by atoms with E-state index in [2.05, 4.69) is 34.6 Å². The molecule has 30 nitrogen and oxygen atoms in total. The van der Waals surface area contributed by atoms with Crippen molar-refractivity contribution < 1.29 is 148 Å². The third-order valence-corrected chi connectivity index (χ3v) is 25.2. The highest BCUT2D eigenvalue weighted by Gasteiger charge is 2.84. The molecule has 0 amide bonds. The summed E-state index contributed by atoms with van der Waals surface area (Å²) in [4.78, 5) is 26.9. The molecule has 0 aromatic rings. The first-order valence-electron chi connectivity index (χ1n) is 33.9. The molecule has 30 heteroatoms. The molecule has 0 aromatic carbocycles. The van der Waals surface area contributed by atoms with E-state index in [-0.39, 0.29) is 29.6 Å². The molecule has 95 heavy (non-hydrogen) atoms. The second kappa shape index (κ2) is 27.1. The fourth-order valence-corrected chi connectivity index (χ4v) is 20.1. The minimum absolute atomic E-state index is 0.00846. The van der Waals surface area contributed by atoms with Gasteiger partial charge in [-0.25, -0.2) is 9.59 Å². The minimum Gasteiger partial charge on any atom is -0.479 e. The number of aliphatic carboxylic acids is 1. The summed E-state index contributed by atoms with van der Waals surface area (Å²) in [6.45, 7) is 15.9. The van der Waals surface area contributed by atoms with Gasteiger partial charge in [-0.15, -0.1) is 0 Å². The maximum absolute atomic E-state index is 13.5. The molecular weight excluding hydrogens is 1260 g/mol. The van der Waals surface area contributed by atoms with Crippen LogP contribution in [0.2, 0.25) is 0 Å². The van der Waals surface area contributed by atoms with Gasteiger partial charge in [0.2, 0.25) is 0 Å². The van der Waals surface area contributed by atoms with Crippen molar-refractivity contribution in [3.8, 4) is 0 Å². The SMILES string of the molecule is CCC/C=C\C(=O)O[C@H]1CC(C)(C)C[C@@H]2[C@@]13[C@H](O)C[C@]1(C)[C@@]2(CC[C@@H]2[C@@]4(C)CC[C@H](O[C@@H]5O[C@H](C(=O)O)[C@@H](O)[C@H](O[C@@H]6O[C@H](CO)[C@H](O)[C@H](O)[C@H]6O[C@@H]6O[C@@H](C)[C@H](O)[C@@H](O)[C@H]6O[C@@H]6OC[C@@H](O)[C@H](O)[C@H]6O)[C@H]5O[C@@H]5O[C@H](CO)[C@H](O)[C@H](O)[C@H]5O)C(C)(C)[C@@H]4CC[C@]21C)O[C@@H]3O. The quantitative estimate of drug-likeness (QED) is 0.0404. The van der Waals surface area contributed by atoms with E-state index in [1.165, 1.54) is 13.0 Å². The molecule has 5 saturated carbocycles. The lowest BCUT2D eigenvalue weighted by molar-refractivity contribution is -0.411. The zero-order valence-corrected chi connectivity index (χ0v) is 55.3. The van der Waals surface area contributed by atoms with Crippen molar-refractivity contribution >= 4 is 11.9 Å². The molecule has 1 spiro atoms. The van der Waals surface area contributed by atoms with E-state index in [1.807, 2.05) is 20.8 Å². The number of esters is 1. The molecular formula is C65H104O30. The standard InChI is InChI=1S/C65H104O30/c1-10-11-12-13-36(70)88-35-22-59(3,4)20-32-64-19-15-31-61(7)17-16-34(60(5,6)30(61)14-18-62(31,8)63(64,9)21-33(69)65(32,35)58(83)95-64)89-57-51(94-54-45(79)41(75)39(73)28(23-66)86-54)47(46(80)48(91-57)52(81)82)90-56-50(43(77)40(74)29(24-67)87-56)93-55-49(42(76)37(71)26(2)85-55)92-53-44(78)38(72)27(68)25-84-53/h12-13,26-35,37-51,53-58,66-69,71-80,83H,10-11,14-25H2,1-9H3,(H,81,82)/b13-12-/t26-,27+,28+,29+,30-,31+,32-,33+,34-,35-,37-,38-,39-,40-,41-,42+,43-,44+,45+,46-,47-,48-,49+,50+,51+,53-,54-,55-,56-,57+,58-,61-,62+,63-,64-,65+/m0/s1. The number of unbranched alkanes of at least 4 members (excludes halogenated alkanes) is 1. The normalized spacial score (nSPS) is 54.2. The molecule has 544 valence electrons. The van der Waals surface area contributed by atoms with Gasteiger partial charge in [-0.2, -0.15) is 0 Å². The van der Waals surface area contributed by atoms with Crippen LogP contribution in [-0.4, -0.2) is 291 Å². The minimum atomic E-state index is -2.34. The van der Waals surface area contributed by atoms with Gasteiger partial charge in [-0.1, -0.05) is 67.9 Å². The summed E-state index contributed by atoms with van der Waals surface area (Å²) in [7, 11) is 0. The molecule has 6 heterocycles. The number of hydrogen-bond acceptors (Lipinski definition) is 29. The van der Waals surface area contributed by atoms with Crippen LogP contribution in [-0.2, 0) is 66.4 Å². The van der Waals surface area contributed by atoms with E-state index in [9.17, 15) is 91.3 Å². The van der Waals surface area contributed by atoms with Crippen LogP contribution >= 0.6 is 0 Å². The first-order chi connectivity index (χ1) is 44.5. The van der Waals surface area contributed by atoms with Gasteiger partial charge in [-0.3, -0.25) is 0 Å². The fourth-order valence-electron chi connectivity index (χ4n) is 20.1. The van der Waals surface area contributed by atoms with Crippen LogP contribution in [0.4, 0.5) is 0 Å². The lowest BCUT2D eigenvalue weighted by Gasteiger charge is -2.75. The van der Waals surface area contributed by atoms with Crippen LogP contribution in [0.5, 0.6) is 0 Å². The molecule has 6 aliphatic heterocycles. The topological polar surface area (TPSA) is 469 Å². The first-order valence-corrected chi connectivity index (χ1v) is 33.9. The van der Waals surface area contributed by atoms with Crippen LogP contribution in [0.3, 0.4) is 0 Å². The number of fused-ring (bicyclic) bond motifs is 4. The van der Waals surface area contributed by atoms with E-state index in [0.717, 1.165) is 6.42 Å². The number of carboxylic acid groups (broad SMARTS) is 1. The lowest BCUT2D eigenvalue weighted by Crippen LogP contribution is -2.75. The average Bonchev–Trinajstić information content (AvgIpc) is 1.55. The molecule has 11 aliphatic rings. The molecule has 6 saturated heterocycles. The molecule has 5 aliphatic carbocycles. The predicted octanol–water partition coefficient (Wildman–Crippen LogP) is -2.57. The van der Waals surface area contributed by atoms with Crippen molar-refractivity contribution in [1.29, 1.82) is 0 Å². The maximum Gasteiger partial charge on any atom is 0.335 e. The van der Waals surface area contributed by atoms with Gasteiger partial charge < -0.3 is 139 Å². The third kappa shape index (κ3) is 12.0. The third-order valence-electron chi connectivity index (χ3n) is 25.2. The Bertz CT molecular complexity index is 2720. The molecule has 0 radical (unpaired) electrons. The summed E-state index contributed by atoms with van der Waals surface area (Å²) in [5.74, 6) is -2.83. The second-order valence-corrected chi connectivity index (χ2v) is 31.2. The highest BCUT2D eigenvalue weighted by atomic mass is 16.8. The Morgan fingerprint density at radius 2 is 1.13 bits per heavy atom. The van der Waals surface area contributed by atoms with E-state index in [1.54, 1.807) is 6.08 Å². The number of ether oxygens (including phenoxy) is 12. The zero-order chi connectivity index (χ0) is 69.4. The summed E-state index contributed by atoms with van der Waals surface area (Å²) in [5.41, 5.74) is -5.10. The van der Waals surface area contributed by atoms with Crippen molar-refractivity contribution in [3.63, 3.8) is 0 Å². The predicted molar refractivity (Wildman–Crippen MR) is 318 cm³/mol. The Morgan fingerprint density at radius 3 is 1.78 bits per heavy atom.